The molecule has 1 aromatic heterocycles. The summed E-state index contributed by atoms with van der Waals surface area (Å²) in [6, 6.07) is 13.7. The molecule has 1 heterocycles. The molecular formula is C16H15N3O. The number of fused-ring (bicyclic) bond motifs is 1. The zero-order valence-electron chi connectivity index (χ0n) is 11.4. The molecule has 100 valence electrons. The van der Waals surface area contributed by atoms with Crippen LogP contribution < -0.4 is 0 Å². The Kier molecular flexibility index (Phi) is 2.99. The van der Waals surface area contributed by atoms with Crippen LogP contribution in [0.4, 0.5) is 0 Å². The maximum atomic E-state index is 11.8. The number of benzene rings is 2. The van der Waals surface area contributed by atoms with Gasteiger partial charge in [-0.05, 0) is 35.4 Å². The van der Waals surface area contributed by atoms with E-state index in [-0.39, 0.29) is 5.91 Å². The summed E-state index contributed by atoms with van der Waals surface area (Å²) >= 11 is 0. The first-order valence-electron chi connectivity index (χ1n) is 6.40. The van der Waals surface area contributed by atoms with Crippen LogP contribution in [0.2, 0.25) is 0 Å². The summed E-state index contributed by atoms with van der Waals surface area (Å²) in [4.78, 5) is 20.7. The van der Waals surface area contributed by atoms with Crippen LogP contribution in [0.5, 0.6) is 0 Å². The number of aromatic amines is 1. The molecule has 0 radical (unpaired) electrons. The van der Waals surface area contributed by atoms with E-state index in [1.165, 1.54) is 0 Å². The second-order valence-electron chi connectivity index (χ2n) is 4.91. The number of amides is 1. The van der Waals surface area contributed by atoms with E-state index in [1.807, 2.05) is 36.4 Å². The smallest absolute Gasteiger partial charge is 0.253 e. The van der Waals surface area contributed by atoms with Gasteiger partial charge in [-0.2, -0.15) is 0 Å². The molecule has 4 nitrogen and oxygen atoms in total. The van der Waals surface area contributed by atoms with Gasteiger partial charge in [-0.15, -0.1) is 0 Å². The maximum Gasteiger partial charge on any atom is 0.253 e. The summed E-state index contributed by atoms with van der Waals surface area (Å²) in [5.41, 5.74) is 4.84. The fraction of sp³-hybridized carbons (Fsp3) is 0.125. The van der Waals surface area contributed by atoms with Crippen LogP contribution in [0.3, 0.4) is 0 Å². The number of hydrogen-bond donors (Lipinski definition) is 1. The van der Waals surface area contributed by atoms with Crippen LogP contribution in [0.25, 0.3) is 22.2 Å². The van der Waals surface area contributed by atoms with Crippen LogP contribution in [0.15, 0.2) is 48.8 Å². The van der Waals surface area contributed by atoms with Crippen LogP contribution in [-0.4, -0.2) is 34.9 Å². The van der Waals surface area contributed by atoms with Crippen molar-refractivity contribution in [3.63, 3.8) is 0 Å². The Morgan fingerprint density at radius 1 is 1.05 bits per heavy atom. The third-order valence-corrected chi connectivity index (χ3v) is 3.29. The Morgan fingerprint density at radius 2 is 1.75 bits per heavy atom. The van der Waals surface area contributed by atoms with Gasteiger partial charge in [-0.25, -0.2) is 4.98 Å². The summed E-state index contributed by atoms with van der Waals surface area (Å²) < 4.78 is 0. The van der Waals surface area contributed by atoms with Crippen LogP contribution in [0, 0.1) is 0 Å². The molecule has 3 aromatic rings. The Labute approximate surface area is 117 Å². The Hall–Kier alpha value is -2.62. The van der Waals surface area contributed by atoms with Gasteiger partial charge in [-0.3, -0.25) is 4.79 Å². The lowest BCUT2D eigenvalue weighted by Crippen LogP contribution is -2.21. The van der Waals surface area contributed by atoms with Crippen molar-refractivity contribution >= 4 is 16.9 Å². The lowest BCUT2D eigenvalue weighted by Gasteiger charge is -2.10. The van der Waals surface area contributed by atoms with Gasteiger partial charge in [0.15, 0.2) is 0 Å². The van der Waals surface area contributed by atoms with Crippen LogP contribution >= 0.6 is 0 Å². The minimum atomic E-state index is 0.0144. The normalized spacial score (nSPS) is 10.7. The number of aromatic nitrogens is 2. The van der Waals surface area contributed by atoms with Gasteiger partial charge < -0.3 is 9.88 Å². The summed E-state index contributed by atoms with van der Waals surface area (Å²) in [5.74, 6) is 0.0144. The minimum absolute atomic E-state index is 0.0144. The quantitative estimate of drug-likeness (QED) is 0.774. The van der Waals surface area contributed by atoms with Crippen LogP contribution in [0.1, 0.15) is 10.4 Å². The number of carbonyl (C=O) groups is 1. The molecule has 0 bridgehead atoms. The largest absolute Gasteiger partial charge is 0.345 e. The zero-order valence-corrected chi connectivity index (χ0v) is 11.4. The number of H-pyrrole nitrogens is 1. The van der Waals surface area contributed by atoms with E-state index < -0.39 is 0 Å². The topological polar surface area (TPSA) is 49.0 Å². The summed E-state index contributed by atoms with van der Waals surface area (Å²) in [6.45, 7) is 0. The number of imidazole rings is 1. The number of nitrogens with zero attached hydrogens (tertiary/aromatic N) is 2. The Balaban J connectivity index is 1.96. The molecule has 0 saturated heterocycles. The second-order valence-corrected chi connectivity index (χ2v) is 4.91. The Morgan fingerprint density at radius 3 is 2.45 bits per heavy atom. The SMILES string of the molecule is CN(C)C(=O)c1ccc(-c2ccc3nc[nH]c3c2)cc1. The van der Waals surface area contributed by atoms with Gasteiger partial charge in [0.2, 0.25) is 0 Å². The molecule has 0 aliphatic carbocycles. The van der Waals surface area contributed by atoms with E-state index in [1.54, 1.807) is 25.3 Å². The van der Waals surface area contributed by atoms with Crippen molar-refractivity contribution in [2.24, 2.45) is 0 Å². The molecule has 0 aliphatic heterocycles. The molecular weight excluding hydrogens is 250 g/mol. The van der Waals surface area contributed by atoms with Gasteiger partial charge in [0.05, 0.1) is 17.4 Å². The van der Waals surface area contributed by atoms with Crippen LogP contribution in [-0.2, 0) is 0 Å². The van der Waals surface area contributed by atoms with Crippen molar-refractivity contribution < 1.29 is 4.79 Å². The fourth-order valence-electron chi connectivity index (χ4n) is 2.18. The third kappa shape index (κ3) is 2.16. The molecule has 0 atom stereocenters. The highest BCUT2D eigenvalue weighted by Crippen LogP contribution is 2.23. The molecule has 1 N–H and O–H groups in total. The predicted molar refractivity (Wildman–Crippen MR) is 79.5 cm³/mol. The van der Waals surface area contributed by atoms with Crippen molar-refractivity contribution in [1.82, 2.24) is 14.9 Å². The molecule has 1 amide bonds. The second kappa shape index (κ2) is 4.81. The Bertz CT molecular complexity index is 757. The number of hydrogen-bond acceptors (Lipinski definition) is 2. The van der Waals surface area contributed by atoms with Crippen molar-refractivity contribution in [2.75, 3.05) is 14.1 Å². The van der Waals surface area contributed by atoms with E-state index in [0.717, 1.165) is 22.2 Å². The molecule has 20 heavy (non-hydrogen) atoms. The molecule has 0 saturated carbocycles. The number of nitrogens with one attached hydrogen (secondary N) is 1. The highest BCUT2D eigenvalue weighted by atomic mass is 16.2. The van der Waals surface area contributed by atoms with Crippen molar-refractivity contribution in [3.05, 3.63) is 54.4 Å². The first-order chi connectivity index (χ1) is 9.65. The van der Waals surface area contributed by atoms with E-state index in [0.29, 0.717) is 5.56 Å². The molecule has 0 unspecified atom stereocenters. The first kappa shape index (κ1) is 12.4. The lowest BCUT2D eigenvalue weighted by molar-refractivity contribution is 0.0827. The summed E-state index contributed by atoms with van der Waals surface area (Å²) in [6.07, 6.45) is 1.69. The van der Waals surface area contributed by atoms with Crippen molar-refractivity contribution in [1.29, 1.82) is 0 Å². The zero-order chi connectivity index (χ0) is 14.1. The molecule has 0 spiro atoms. The van der Waals surface area contributed by atoms with Gasteiger partial charge in [0.1, 0.15) is 0 Å². The lowest BCUT2D eigenvalue weighted by atomic mass is 10.0. The fourth-order valence-corrected chi connectivity index (χ4v) is 2.18. The highest BCUT2D eigenvalue weighted by Gasteiger charge is 2.08. The van der Waals surface area contributed by atoms with Crippen molar-refractivity contribution in [3.8, 4) is 11.1 Å². The third-order valence-electron chi connectivity index (χ3n) is 3.29. The average molecular weight is 265 g/mol. The predicted octanol–water partition coefficient (Wildman–Crippen LogP) is 2.93. The molecule has 4 heteroatoms. The summed E-state index contributed by atoms with van der Waals surface area (Å²) in [5, 5.41) is 0. The van der Waals surface area contributed by atoms with E-state index in [2.05, 4.69) is 16.0 Å². The van der Waals surface area contributed by atoms with Crippen molar-refractivity contribution in [2.45, 2.75) is 0 Å². The standard InChI is InChI=1S/C16H15N3O/c1-19(2)16(20)12-5-3-11(4-6-12)13-7-8-14-15(9-13)18-10-17-14/h3-10H,1-2H3,(H,17,18). The molecule has 3 rings (SSSR count). The molecule has 0 aliphatic rings. The minimum Gasteiger partial charge on any atom is -0.345 e. The van der Waals surface area contributed by atoms with E-state index in [4.69, 9.17) is 0 Å². The maximum absolute atomic E-state index is 11.8. The molecule has 2 aromatic carbocycles. The number of rotatable bonds is 2. The van der Waals surface area contributed by atoms with Gasteiger partial charge >= 0.3 is 0 Å². The van der Waals surface area contributed by atoms with Gasteiger partial charge in [0, 0.05) is 19.7 Å². The summed E-state index contributed by atoms with van der Waals surface area (Å²) in [7, 11) is 3.50. The highest BCUT2D eigenvalue weighted by molar-refractivity contribution is 5.94. The molecule has 0 fully saturated rings. The van der Waals surface area contributed by atoms with Gasteiger partial charge in [-0.1, -0.05) is 18.2 Å². The van der Waals surface area contributed by atoms with Gasteiger partial charge in [0.25, 0.3) is 5.91 Å². The van der Waals surface area contributed by atoms with E-state index >= 15 is 0 Å². The first-order valence-corrected chi connectivity index (χ1v) is 6.40. The average Bonchev–Trinajstić information content (AvgIpc) is 2.94. The van der Waals surface area contributed by atoms with E-state index in [9.17, 15) is 4.79 Å². The number of carbonyl (C=O) groups excluding carboxylic acids is 1. The monoisotopic (exact) mass is 265 g/mol.